The van der Waals surface area contributed by atoms with Gasteiger partial charge in [-0.05, 0) is 19.1 Å². The van der Waals surface area contributed by atoms with Crippen molar-refractivity contribution in [1.29, 1.82) is 0 Å². The van der Waals surface area contributed by atoms with Crippen LogP contribution in [0, 0.1) is 17.0 Å². The highest BCUT2D eigenvalue weighted by molar-refractivity contribution is 7.15. The van der Waals surface area contributed by atoms with E-state index in [2.05, 4.69) is 4.98 Å². The van der Waals surface area contributed by atoms with Gasteiger partial charge in [0, 0.05) is 34.7 Å². The maximum absolute atomic E-state index is 13.2. The van der Waals surface area contributed by atoms with E-state index >= 15 is 0 Å². The zero-order chi connectivity index (χ0) is 19.4. The van der Waals surface area contributed by atoms with Crippen LogP contribution < -0.4 is 5.56 Å². The Bertz CT molecular complexity index is 1490. The predicted octanol–water partition coefficient (Wildman–Crippen LogP) is 4.34. The van der Waals surface area contributed by atoms with Crippen molar-refractivity contribution in [3.63, 3.8) is 0 Å². The monoisotopic (exact) mass is 388 g/mol. The predicted molar refractivity (Wildman–Crippen MR) is 109 cm³/mol. The summed E-state index contributed by atoms with van der Waals surface area (Å²) in [6.07, 6.45) is 1.55. The standard InChI is InChI=1S/C20H12N4O3S/c1-11-5-6-16-14(7-11)18-15(9-21-16)19(25)23-17(10-28-20(23)22-18)12-3-2-4-13(8-12)24(26)27/h2-10H,1H3. The first-order valence-corrected chi connectivity index (χ1v) is 9.35. The van der Waals surface area contributed by atoms with E-state index in [1.165, 1.54) is 27.9 Å². The molecule has 0 aliphatic carbocycles. The average molecular weight is 388 g/mol. The molecule has 0 radical (unpaired) electrons. The van der Waals surface area contributed by atoms with Crippen LogP contribution in [0.4, 0.5) is 5.69 Å². The molecule has 2 aromatic carbocycles. The van der Waals surface area contributed by atoms with Gasteiger partial charge in [0.1, 0.15) is 0 Å². The summed E-state index contributed by atoms with van der Waals surface area (Å²) in [4.78, 5) is 33.6. The Morgan fingerprint density at radius 3 is 2.82 bits per heavy atom. The summed E-state index contributed by atoms with van der Waals surface area (Å²) in [7, 11) is 0. The summed E-state index contributed by atoms with van der Waals surface area (Å²) in [6, 6.07) is 12.1. The van der Waals surface area contributed by atoms with Gasteiger partial charge in [-0.15, -0.1) is 11.3 Å². The van der Waals surface area contributed by atoms with Crippen LogP contribution in [0.15, 0.2) is 58.8 Å². The minimum absolute atomic E-state index is 0.0261. The molecule has 7 nitrogen and oxygen atoms in total. The SMILES string of the molecule is Cc1ccc2ncc3c(=O)n4c(-c5cccc([N+](=O)[O-])c5)csc4nc3c2c1. The number of nitro benzene ring substituents is 1. The summed E-state index contributed by atoms with van der Waals surface area (Å²) in [5.41, 5.74) is 3.37. The van der Waals surface area contributed by atoms with Crippen LogP contribution in [-0.4, -0.2) is 19.3 Å². The van der Waals surface area contributed by atoms with Crippen molar-refractivity contribution >= 4 is 43.8 Å². The summed E-state index contributed by atoms with van der Waals surface area (Å²) in [5.74, 6) is 0. The van der Waals surface area contributed by atoms with Gasteiger partial charge in [-0.3, -0.25) is 24.3 Å². The third-order valence-corrected chi connectivity index (χ3v) is 5.52. The highest BCUT2D eigenvalue weighted by Crippen LogP contribution is 2.29. The third-order valence-electron chi connectivity index (χ3n) is 4.70. The summed E-state index contributed by atoms with van der Waals surface area (Å²) in [5, 5.41) is 14.1. The van der Waals surface area contributed by atoms with E-state index in [0.717, 1.165) is 16.5 Å². The molecule has 0 bridgehead atoms. The van der Waals surface area contributed by atoms with Gasteiger partial charge in [-0.1, -0.05) is 23.8 Å². The second kappa shape index (κ2) is 5.93. The first-order valence-electron chi connectivity index (χ1n) is 8.47. The number of thiazole rings is 1. The smallest absolute Gasteiger partial charge is 0.268 e. The molecule has 0 spiro atoms. The Balaban J connectivity index is 1.86. The van der Waals surface area contributed by atoms with E-state index in [9.17, 15) is 14.9 Å². The van der Waals surface area contributed by atoms with Crippen molar-refractivity contribution in [2.24, 2.45) is 0 Å². The van der Waals surface area contributed by atoms with Gasteiger partial charge in [0.15, 0.2) is 4.96 Å². The van der Waals surface area contributed by atoms with E-state index in [4.69, 9.17) is 4.98 Å². The Morgan fingerprint density at radius 1 is 1.14 bits per heavy atom. The molecule has 3 heterocycles. The summed E-state index contributed by atoms with van der Waals surface area (Å²) in [6.45, 7) is 1.98. The number of nitrogens with zero attached hydrogens (tertiary/aromatic N) is 4. The third kappa shape index (κ3) is 2.39. The van der Waals surface area contributed by atoms with E-state index in [0.29, 0.717) is 27.1 Å². The number of non-ortho nitro benzene ring substituents is 1. The Morgan fingerprint density at radius 2 is 2.00 bits per heavy atom. The van der Waals surface area contributed by atoms with Crippen molar-refractivity contribution < 1.29 is 4.92 Å². The quantitative estimate of drug-likeness (QED) is 0.255. The zero-order valence-corrected chi connectivity index (χ0v) is 15.4. The van der Waals surface area contributed by atoms with Crippen LogP contribution >= 0.6 is 11.3 Å². The zero-order valence-electron chi connectivity index (χ0n) is 14.6. The molecule has 28 heavy (non-hydrogen) atoms. The molecule has 0 unspecified atom stereocenters. The van der Waals surface area contributed by atoms with Crippen molar-refractivity contribution in [2.75, 3.05) is 0 Å². The van der Waals surface area contributed by atoms with Crippen LogP contribution in [-0.2, 0) is 0 Å². The molecule has 136 valence electrons. The van der Waals surface area contributed by atoms with E-state index in [-0.39, 0.29) is 11.2 Å². The lowest BCUT2D eigenvalue weighted by molar-refractivity contribution is -0.384. The van der Waals surface area contributed by atoms with Gasteiger partial charge in [-0.25, -0.2) is 4.98 Å². The maximum Gasteiger partial charge on any atom is 0.270 e. The number of rotatable bonds is 2. The highest BCUT2D eigenvalue weighted by Gasteiger charge is 2.16. The number of hydrogen-bond acceptors (Lipinski definition) is 6. The largest absolute Gasteiger partial charge is 0.270 e. The van der Waals surface area contributed by atoms with Crippen LogP contribution in [0.25, 0.3) is 38.0 Å². The molecule has 0 aliphatic rings. The molecular weight excluding hydrogens is 376 g/mol. The molecule has 0 saturated carbocycles. The molecular formula is C20H12N4O3S. The molecule has 3 aromatic heterocycles. The highest BCUT2D eigenvalue weighted by atomic mass is 32.1. The topological polar surface area (TPSA) is 90.4 Å². The summed E-state index contributed by atoms with van der Waals surface area (Å²) < 4.78 is 1.50. The average Bonchev–Trinajstić information content (AvgIpc) is 3.12. The maximum atomic E-state index is 13.2. The Labute approximate surface area is 161 Å². The molecule has 0 atom stereocenters. The lowest BCUT2D eigenvalue weighted by Gasteiger charge is -2.06. The number of nitro groups is 1. The van der Waals surface area contributed by atoms with Crippen molar-refractivity contribution in [3.05, 3.63) is 80.1 Å². The molecule has 0 fully saturated rings. The molecule has 0 N–H and O–H groups in total. The fourth-order valence-electron chi connectivity index (χ4n) is 3.35. The Hall–Kier alpha value is -3.65. The second-order valence-corrected chi connectivity index (χ2v) is 7.34. The minimum atomic E-state index is -0.452. The number of pyridine rings is 1. The number of aryl methyl sites for hydroxylation is 1. The normalized spacial score (nSPS) is 11.5. The van der Waals surface area contributed by atoms with Crippen LogP contribution in [0.3, 0.4) is 0 Å². The van der Waals surface area contributed by atoms with E-state index in [1.54, 1.807) is 23.7 Å². The fraction of sp³-hybridized carbons (Fsp3) is 0.0500. The molecule has 5 rings (SSSR count). The first-order chi connectivity index (χ1) is 13.5. The van der Waals surface area contributed by atoms with Crippen LogP contribution in [0.1, 0.15) is 5.56 Å². The van der Waals surface area contributed by atoms with Crippen LogP contribution in [0.2, 0.25) is 0 Å². The summed E-state index contributed by atoms with van der Waals surface area (Å²) >= 11 is 1.33. The van der Waals surface area contributed by atoms with Crippen molar-refractivity contribution in [3.8, 4) is 11.3 Å². The number of aromatic nitrogens is 3. The number of benzene rings is 2. The van der Waals surface area contributed by atoms with Gasteiger partial charge in [0.05, 0.1) is 27.0 Å². The van der Waals surface area contributed by atoms with Crippen molar-refractivity contribution in [2.45, 2.75) is 6.92 Å². The Kier molecular flexibility index (Phi) is 3.50. The minimum Gasteiger partial charge on any atom is -0.268 e. The second-order valence-electron chi connectivity index (χ2n) is 6.50. The molecule has 8 heteroatoms. The van der Waals surface area contributed by atoms with E-state index in [1.807, 2.05) is 25.1 Å². The van der Waals surface area contributed by atoms with Gasteiger partial charge >= 0.3 is 0 Å². The van der Waals surface area contributed by atoms with Gasteiger partial charge < -0.3 is 0 Å². The number of hydrogen-bond donors (Lipinski definition) is 0. The lowest BCUT2D eigenvalue weighted by atomic mass is 10.1. The van der Waals surface area contributed by atoms with Gasteiger partial charge in [0.25, 0.3) is 11.2 Å². The first kappa shape index (κ1) is 16.5. The van der Waals surface area contributed by atoms with Gasteiger partial charge in [0.2, 0.25) is 0 Å². The molecule has 5 aromatic rings. The molecule has 0 amide bonds. The van der Waals surface area contributed by atoms with Crippen LogP contribution in [0.5, 0.6) is 0 Å². The fourth-order valence-corrected chi connectivity index (χ4v) is 4.24. The van der Waals surface area contributed by atoms with Crippen molar-refractivity contribution in [1.82, 2.24) is 14.4 Å². The molecule has 0 aliphatic heterocycles. The lowest BCUT2D eigenvalue weighted by Crippen LogP contribution is -2.15. The van der Waals surface area contributed by atoms with Gasteiger partial charge in [-0.2, -0.15) is 0 Å². The van der Waals surface area contributed by atoms with E-state index < -0.39 is 4.92 Å². The number of fused-ring (bicyclic) bond motifs is 4. The molecule has 0 saturated heterocycles.